The van der Waals surface area contributed by atoms with Gasteiger partial charge in [-0.3, -0.25) is 9.59 Å². The summed E-state index contributed by atoms with van der Waals surface area (Å²) in [6, 6.07) is 5.27. The van der Waals surface area contributed by atoms with Crippen molar-refractivity contribution in [1.29, 1.82) is 0 Å². The fourth-order valence-corrected chi connectivity index (χ4v) is 4.25. The van der Waals surface area contributed by atoms with Crippen LogP contribution >= 0.6 is 11.3 Å². The highest BCUT2D eigenvalue weighted by Gasteiger charge is 2.31. The Bertz CT molecular complexity index is 1160. The van der Waals surface area contributed by atoms with E-state index in [1.54, 1.807) is 6.07 Å². The summed E-state index contributed by atoms with van der Waals surface area (Å²) < 4.78 is 42.5. The standard InChI is InChI=1S/C19H17F3N4O3S/c20-19(21,22)29-12-6-7-14-15(9-12)30-18(23-14)24-16(27)10-26-17(28)8-11-4-2-1-3-5-13(11)25-26/h6-9H,1-5,10H2,(H,23,24,27). The predicted octanol–water partition coefficient (Wildman–Crippen LogP) is 3.66. The molecule has 0 fully saturated rings. The van der Waals surface area contributed by atoms with Crippen molar-refractivity contribution < 1.29 is 22.7 Å². The van der Waals surface area contributed by atoms with Crippen LogP contribution in [0.5, 0.6) is 5.75 Å². The zero-order valence-electron chi connectivity index (χ0n) is 15.7. The first-order valence-corrected chi connectivity index (χ1v) is 10.1. The number of benzene rings is 1. The summed E-state index contributed by atoms with van der Waals surface area (Å²) in [7, 11) is 0. The third-order valence-electron chi connectivity index (χ3n) is 4.66. The topological polar surface area (TPSA) is 86.1 Å². The molecule has 0 saturated carbocycles. The van der Waals surface area contributed by atoms with E-state index in [1.165, 1.54) is 12.1 Å². The molecule has 1 aromatic carbocycles. The predicted molar refractivity (Wildman–Crippen MR) is 105 cm³/mol. The molecule has 2 heterocycles. The number of fused-ring (bicyclic) bond motifs is 2. The molecule has 0 unspecified atom stereocenters. The normalized spacial score (nSPS) is 14.2. The number of amides is 1. The zero-order valence-corrected chi connectivity index (χ0v) is 16.5. The van der Waals surface area contributed by atoms with Gasteiger partial charge in [-0.25, -0.2) is 9.67 Å². The lowest BCUT2D eigenvalue weighted by atomic mass is 10.1. The Hall–Kier alpha value is -2.95. The molecule has 7 nitrogen and oxygen atoms in total. The maximum atomic E-state index is 12.4. The van der Waals surface area contributed by atoms with E-state index in [1.807, 2.05) is 0 Å². The van der Waals surface area contributed by atoms with Crippen LogP contribution < -0.4 is 15.6 Å². The van der Waals surface area contributed by atoms with Crippen LogP contribution in [0.3, 0.4) is 0 Å². The number of aryl methyl sites for hydroxylation is 2. The first-order valence-electron chi connectivity index (χ1n) is 9.33. The molecule has 1 aliphatic carbocycles. The Labute approximate surface area is 172 Å². The van der Waals surface area contributed by atoms with Gasteiger partial charge in [0.15, 0.2) is 5.13 Å². The van der Waals surface area contributed by atoms with Gasteiger partial charge >= 0.3 is 6.36 Å². The minimum atomic E-state index is -4.79. The van der Waals surface area contributed by atoms with Crippen LogP contribution in [0.25, 0.3) is 10.2 Å². The molecular formula is C19H17F3N4O3S. The first kappa shape index (κ1) is 20.3. The minimum Gasteiger partial charge on any atom is -0.406 e. The number of hydrogen-bond acceptors (Lipinski definition) is 6. The van der Waals surface area contributed by atoms with Gasteiger partial charge in [-0.05, 0) is 43.4 Å². The van der Waals surface area contributed by atoms with Crippen LogP contribution in [0, 0.1) is 0 Å². The van der Waals surface area contributed by atoms with E-state index in [4.69, 9.17) is 0 Å². The Morgan fingerprint density at radius 2 is 2.00 bits per heavy atom. The van der Waals surface area contributed by atoms with Crippen molar-refractivity contribution in [3.63, 3.8) is 0 Å². The van der Waals surface area contributed by atoms with E-state index in [0.717, 1.165) is 65.4 Å². The van der Waals surface area contributed by atoms with Gasteiger partial charge in [-0.15, -0.1) is 13.2 Å². The average Bonchev–Trinajstić information content (AvgIpc) is 2.89. The van der Waals surface area contributed by atoms with Crippen LogP contribution in [0.4, 0.5) is 18.3 Å². The second kappa shape index (κ2) is 8.05. The number of thiazole rings is 1. The average molecular weight is 438 g/mol. The van der Waals surface area contributed by atoms with Crippen molar-refractivity contribution in [2.75, 3.05) is 5.32 Å². The molecule has 0 atom stereocenters. The number of halogens is 3. The zero-order chi connectivity index (χ0) is 21.3. The number of rotatable bonds is 4. The van der Waals surface area contributed by atoms with Crippen molar-refractivity contribution in [3.05, 3.63) is 45.9 Å². The molecule has 1 aliphatic rings. The Morgan fingerprint density at radius 3 is 2.80 bits per heavy atom. The monoisotopic (exact) mass is 438 g/mol. The highest BCUT2D eigenvalue weighted by Crippen LogP contribution is 2.31. The second-order valence-electron chi connectivity index (χ2n) is 6.92. The number of ether oxygens (including phenoxy) is 1. The number of alkyl halides is 3. The van der Waals surface area contributed by atoms with E-state index >= 15 is 0 Å². The lowest BCUT2D eigenvalue weighted by Crippen LogP contribution is -2.30. The summed E-state index contributed by atoms with van der Waals surface area (Å²) in [5, 5.41) is 7.13. The summed E-state index contributed by atoms with van der Waals surface area (Å²) in [5.41, 5.74) is 1.86. The molecular weight excluding hydrogens is 421 g/mol. The van der Waals surface area contributed by atoms with Gasteiger partial charge in [0.25, 0.3) is 5.56 Å². The number of hydrogen-bond donors (Lipinski definition) is 1. The van der Waals surface area contributed by atoms with Gasteiger partial charge in [-0.1, -0.05) is 17.8 Å². The third-order valence-corrected chi connectivity index (χ3v) is 5.59. The summed E-state index contributed by atoms with van der Waals surface area (Å²) in [4.78, 5) is 28.8. The molecule has 11 heteroatoms. The first-order chi connectivity index (χ1) is 14.3. The molecule has 0 bridgehead atoms. The van der Waals surface area contributed by atoms with Crippen molar-refractivity contribution in [2.24, 2.45) is 0 Å². The van der Waals surface area contributed by atoms with Crippen molar-refractivity contribution in [2.45, 2.75) is 45.0 Å². The molecule has 30 heavy (non-hydrogen) atoms. The van der Waals surface area contributed by atoms with E-state index < -0.39 is 12.3 Å². The van der Waals surface area contributed by atoms with Crippen molar-refractivity contribution >= 4 is 32.6 Å². The highest BCUT2D eigenvalue weighted by atomic mass is 32.1. The van der Waals surface area contributed by atoms with Gasteiger partial charge in [0.2, 0.25) is 5.91 Å². The number of aromatic nitrogens is 3. The maximum absolute atomic E-state index is 12.4. The molecule has 0 aliphatic heterocycles. The molecule has 2 aromatic heterocycles. The number of carbonyl (C=O) groups excluding carboxylic acids is 1. The van der Waals surface area contributed by atoms with Gasteiger partial charge < -0.3 is 10.1 Å². The number of nitrogens with one attached hydrogen (secondary N) is 1. The summed E-state index contributed by atoms with van der Waals surface area (Å²) >= 11 is 1.01. The highest BCUT2D eigenvalue weighted by molar-refractivity contribution is 7.22. The van der Waals surface area contributed by atoms with Crippen LogP contribution in [0.15, 0.2) is 29.1 Å². The van der Waals surface area contributed by atoms with E-state index in [2.05, 4.69) is 20.1 Å². The largest absolute Gasteiger partial charge is 0.573 e. The molecule has 0 spiro atoms. The van der Waals surface area contributed by atoms with E-state index in [9.17, 15) is 22.8 Å². The quantitative estimate of drug-likeness (QED) is 0.629. The van der Waals surface area contributed by atoms with Crippen LogP contribution in [0.2, 0.25) is 0 Å². The smallest absolute Gasteiger partial charge is 0.406 e. The van der Waals surface area contributed by atoms with Crippen LogP contribution in [-0.4, -0.2) is 27.0 Å². The van der Waals surface area contributed by atoms with Crippen LogP contribution in [-0.2, 0) is 24.2 Å². The van der Waals surface area contributed by atoms with Gasteiger partial charge in [0.1, 0.15) is 12.3 Å². The van der Waals surface area contributed by atoms with Crippen molar-refractivity contribution in [1.82, 2.24) is 14.8 Å². The van der Waals surface area contributed by atoms with Crippen LogP contribution in [0.1, 0.15) is 30.5 Å². The van der Waals surface area contributed by atoms with Crippen molar-refractivity contribution in [3.8, 4) is 5.75 Å². The van der Waals surface area contributed by atoms with Gasteiger partial charge in [-0.2, -0.15) is 5.10 Å². The molecule has 0 saturated heterocycles. The summed E-state index contributed by atoms with van der Waals surface area (Å²) in [6.45, 7) is -0.273. The lowest BCUT2D eigenvalue weighted by molar-refractivity contribution is -0.274. The molecule has 4 rings (SSSR count). The SMILES string of the molecule is O=C(Cn1nc2c(cc1=O)CCCCC2)Nc1nc2ccc(OC(F)(F)F)cc2s1. The Morgan fingerprint density at radius 1 is 1.20 bits per heavy atom. The van der Waals surface area contributed by atoms with Gasteiger partial charge in [0.05, 0.1) is 15.9 Å². The fraction of sp³-hybridized carbons (Fsp3) is 0.368. The molecule has 0 radical (unpaired) electrons. The molecule has 1 amide bonds. The van der Waals surface area contributed by atoms with E-state index in [-0.39, 0.29) is 23.0 Å². The maximum Gasteiger partial charge on any atom is 0.573 e. The fourth-order valence-electron chi connectivity index (χ4n) is 3.34. The summed E-state index contributed by atoms with van der Waals surface area (Å²) in [5.74, 6) is -0.860. The molecule has 158 valence electrons. The lowest BCUT2D eigenvalue weighted by Gasteiger charge is -2.09. The minimum absolute atomic E-state index is 0.210. The Balaban J connectivity index is 1.48. The Kier molecular flexibility index (Phi) is 5.46. The summed E-state index contributed by atoms with van der Waals surface area (Å²) in [6.07, 6.45) is -0.0994. The molecule has 3 aromatic rings. The second-order valence-corrected chi connectivity index (χ2v) is 7.95. The number of anilines is 1. The van der Waals surface area contributed by atoms with E-state index in [0.29, 0.717) is 10.2 Å². The number of nitrogens with zero attached hydrogens (tertiary/aromatic N) is 3. The number of carbonyl (C=O) groups is 1. The third kappa shape index (κ3) is 4.78. The molecule has 1 N–H and O–H groups in total. The van der Waals surface area contributed by atoms with Gasteiger partial charge in [0, 0.05) is 12.1 Å².